The van der Waals surface area contributed by atoms with Crippen molar-refractivity contribution < 1.29 is 13.9 Å². The standard InChI is InChI=1S/C16H13Cl3FNO2/c1-8-13(17)9(2)15(19)16(14(8)18)23-7-12(22)21-11-5-3-4-10(20)6-11/h3-6H,7H2,1-2H3,(H,21,22). The molecule has 23 heavy (non-hydrogen) atoms. The molecular formula is C16H13Cl3FNO2. The number of carbonyl (C=O) groups is 1. The Morgan fingerprint density at radius 3 is 2.30 bits per heavy atom. The Bertz CT molecular complexity index is 736. The van der Waals surface area contributed by atoms with Gasteiger partial charge < -0.3 is 10.1 Å². The van der Waals surface area contributed by atoms with Crippen molar-refractivity contribution in [2.45, 2.75) is 13.8 Å². The molecule has 0 aliphatic rings. The lowest BCUT2D eigenvalue weighted by molar-refractivity contribution is -0.118. The third-order valence-corrected chi connectivity index (χ3v) is 4.65. The van der Waals surface area contributed by atoms with E-state index in [1.54, 1.807) is 19.9 Å². The van der Waals surface area contributed by atoms with Gasteiger partial charge in [0, 0.05) is 10.7 Å². The van der Waals surface area contributed by atoms with Gasteiger partial charge >= 0.3 is 0 Å². The topological polar surface area (TPSA) is 38.3 Å². The Hall–Kier alpha value is -1.49. The van der Waals surface area contributed by atoms with E-state index >= 15 is 0 Å². The van der Waals surface area contributed by atoms with Crippen molar-refractivity contribution in [1.82, 2.24) is 0 Å². The fraction of sp³-hybridized carbons (Fsp3) is 0.188. The number of hydrogen-bond acceptors (Lipinski definition) is 2. The number of benzene rings is 2. The van der Waals surface area contributed by atoms with Crippen LogP contribution in [0.15, 0.2) is 24.3 Å². The molecule has 2 rings (SSSR count). The Morgan fingerprint density at radius 1 is 1.13 bits per heavy atom. The molecular weight excluding hydrogens is 364 g/mol. The van der Waals surface area contributed by atoms with Gasteiger partial charge in [-0.1, -0.05) is 40.9 Å². The van der Waals surface area contributed by atoms with E-state index in [1.165, 1.54) is 18.2 Å². The highest BCUT2D eigenvalue weighted by Crippen LogP contribution is 2.42. The number of amides is 1. The van der Waals surface area contributed by atoms with Gasteiger partial charge in [-0.05, 0) is 43.2 Å². The molecule has 0 spiro atoms. The third kappa shape index (κ3) is 4.08. The van der Waals surface area contributed by atoms with Crippen LogP contribution in [-0.4, -0.2) is 12.5 Å². The molecule has 0 aliphatic carbocycles. The zero-order valence-electron chi connectivity index (χ0n) is 12.3. The van der Waals surface area contributed by atoms with Crippen molar-refractivity contribution in [1.29, 1.82) is 0 Å². The smallest absolute Gasteiger partial charge is 0.262 e. The summed E-state index contributed by atoms with van der Waals surface area (Å²) >= 11 is 18.4. The van der Waals surface area contributed by atoms with Crippen LogP contribution in [0.4, 0.5) is 10.1 Å². The normalized spacial score (nSPS) is 10.5. The molecule has 0 atom stereocenters. The highest BCUT2D eigenvalue weighted by molar-refractivity contribution is 6.42. The zero-order chi connectivity index (χ0) is 17.1. The molecule has 122 valence electrons. The molecule has 0 fully saturated rings. The maximum absolute atomic E-state index is 13.1. The number of halogens is 4. The monoisotopic (exact) mass is 375 g/mol. The lowest BCUT2D eigenvalue weighted by atomic mass is 10.1. The van der Waals surface area contributed by atoms with E-state index in [-0.39, 0.29) is 22.4 Å². The minimum absolute atomic E-state index is 0.196. The van der Waals surface area contributed by atoms with Crippen molar-refractivity contribution in [2.24, 2.45) is 0 Å². The predicted molar refractivity (Wildman–Crippen MR) is 91.5 cm³/mol. The molecule has 2 aromatic carbocycles. The van der Waals surface area contributed by atoms with Crippen LogP contribution in [0, 0.1) is 19.7 Å². The van der Waals surface area contributed by atoms with Crippen LogP contribution in [-0.2, 0) is 4.79 Å². The van der Waals surface area contributed by atoms with Crippen molar-refractivity contribution in [2.75, 3.05) is 11.9 Å². The van der Waals surface area contributed by atoms with Crippen molar-refractivity contribution in [3.63, 3.8) is 0 Å². The first-order valence-corrected chi connectivity index (χ1v) is 7.76. The van der Waals surface area contributed by atoms with Crippen molar-refractivity contribution >= 4 is 46.4 Å². The van der Waals surface area contributed by atoms with Gasteiger partial charge in [0.1, 0.15) is 5.82 Å². The average Bonchev–Trinajstić information content (AvgIpc) is 2.51. The molecule has 0 saturated heterocycles. The molecule has 0 saturated carbocycles. The van der Waals surface area contributed by atoms with Crippen LogP contribution < -0.4 is 10.1 Å². The molecule has 0 aliphatic heterocycles. The van der Waals surface area contributed by atoms with E-state index in [9.17, 15) is 9.18 Å². The molecule has 2 aromatic rings. The zero-order valence-corrected chi connectivity index (χ0v) is 14.6. The van der Waals surface area contributed by atoms with Crippen molar-refractivity contribution in [3.8, 4) is 5.75 Å². The molecule has 0 radical (unpaired) electrons. The van der Waals surface area contributed by atoms with Gasteiger partial charge in [-0.3, -0.25) is 4.79 Å². The summed E-state index contributed by atoms with van der Waals surface area (Å²) in [6.07, 6.45) is 0. The van der Waals surface area contributed by atoms with E-state index in [4.69, 9.17) is 39.5 Å². The van der Waals surface area contributed by atoms with Crippen molar-refractivity contribution in [3.05, 3.63) is 56.3 Å². The van der Waals surface area contributed by atoms with Crippen LogP contribution in [0.1, 0.15) is 11.1 Å². The molecule has 0 aromatic heterocycles. The number of hydrogen-bond donors (Lipinski definition) is 1. The quantitative estimate of drug-likeness (QED) is 0.773. The van der Waals surface area contributed by atoms with E-state index in [1.807, 2.05) is 0 Å². The van der Waals surface area contributed by atoms with Gasteiger partial charge in [0.25, 0.3) is 5.91 Å². The van der Waals surface area contributed by atoms with Gasteiger partial charge in [0.2, 0.25) is 0 Å². The lowest BCUT2D eigenvalue weighted by Crippen LogP contribution is -2.20. The van der Waals surface area contributed by atoms with Gasteiger partial charge in [0.05, 0.1) is 10.0 Å². The van der Waals surface area contributed by atoms with Crippen LogP contribution >= 0.6 is 34.8 Å². The number of carbonyl (C=O) groups excluding carboxylic acids is 1. The van der Waals surface area contributed by atoms with Crippen LogP contribution in [0.3, 0.4) is 0 Å². The summed E-state index contributed by atoms with van der Waals surface area (Å²) in [5.74, 6) is -0.714. The maximum atomic E-state index is 13.1. The van der Waals surface area contributed by atoms with Gasteiger partial charge in [-0.25, -0.2) is 4.39 Å². The second-order valence-electron chi connectivity index (χ2n) is 4.87. The number of rotatable bonds is 4. The highest BCUT2D eigenvalue weighted by atomic mass is 35.5. The second kappa shape index (κ2) is 7.39. The summed E-state index contributed by atoms with van der Waals surface area (Å²) in [6.45, 7) is 3.14. The van der Waals surface area contributed by atoms with Crippen LogP contribution in [0.5, 0.6) is 5.75 Å². The summed E-state index contributed by atoms with van der Waals surface area (Å²) in [5, 5.41) is 3.48. The highest BCUT2D eigenvalue weighted by Gasteiger charge is 2.18. The first-order valence-electron chi connectivity index (χ1n) is 6.63. The largest absolute Gasteiger partial charge is 0.481 e. The van der Waals surface area contributed by atoms with E-state index in [0.717, 1.165) is 0 Å². The summed E-state index contributed by atoms with van der Waals surface area (Å²) < 4.78 is 18.5. The van der Waals surface area contributed by atoms with Crippen LogP contribution in [0.2, 0.25) is 15.1 Å². The summed E-state index contributed by atoms with van der Waals surface area (Å²) in [5.41, 5.74) is 1.57. The summed E-state index contributed by atoms with van der Waals surface area (Å²) in [4.78, 5) is 11.9. The SMILES string of the molecule is Cc1c(Cl)c(C)c(Cl)c(OCC(=O)Nc2cccc(F)c2)c1Cl. The summed E-state index contributed by atoms with van der Waals surface area (Å²) in [6, 6.07) is 5.54. The van der Waals surface area contributed by atoms with E-state index < -0.39 is 11.7 Å². The van der Waals surface area contributed by atoms with Gasteiger partial charge in [-0.2, -0.15) is 0 Å². The predicted octanol–water partition coefficient (Wildman–Crippen LogP) is 5.42. The minimum atomic E-state index is -0.465. The number of ether oxygens (including phenoxy) is 1. The van der Waals surface area contributed by atoms with Gasteiger partial charge in [-0.15, -0.1) is 0 Å². The third-order valence-electron chi connectivity index (χ3n) is 3.17. The number of anilines is 1. The lowest BCUT2D eigenvalue weighted by Gasteiger charge is -2.15. The molecule has 0 bridgehead atoms. The molecule has 0 unspecified atom stereocenters. The Labute approximate surface area is 148 Å². The molecule has 1 amide bonds. The molecule has 0 heterocycles. The molecule has 1 N–H and O–H groups in total. The van der Waals surface area contributed by atoms with Gasteiger partial charge in [0.15, 0.2) is 12.4 Å². The minimum Gasteiger partial charge on any atom is -0.481 e. The van der Waals surface area contributed by atoms with E-state index in [2.05, 4.69) is 5.32 Å². The average molecular weight is 377 g/mol. The Kier molecular flexibility index (Phi) is 5.74. The second-order valence-corrected chi connectivity index (χ2v) is 6.00. The maximum Gasteiger partial charge on any atom is 0.262 e. The Morgan fingerprint density at radius 2 is 1.74 bits per heavy atom. The molecule has 7 heteroatoms. The fourth-order valence-corrected chi connectivity index (χ4v) is 2.76. The fourth-order valence-electron chi connectivity index (χ4n) is 1.94. The number of nitrogens with one attached hydrogen (secondary N) is 1. The summed E-state index contributed by atoms with van der Waals surface area (Å²) in [7, 11) is 0. The first kappa shape index (κ1) is 17.9. The van der Waals surface area contributed by atoms with E-state index in [0.29, 0.717) is 21.8 Å². The Balaban J connectivity index is 2.11. The molecule has 3 nitrogen and oxygen atoms in total. The first-order chi connectivity index (χ1) is 10.8. The van der Waals surface area contributed by atoms with Crippen LogP contribution in [0.25, 0.3) is 0 Å².